The zero-order chi connectivity index (χ0) is 12.3. The van der Waals surface area contributed by atoms with Crippen molar-refractivity contribution in [3.63, 3.8) is 0 Å². The van der Waals surface area contributed by atoms with Crippen LogP contribution in [0.15, 0.2) is 29.4 Å². The van der Waals surface area contributed by atoms with Gasteiger partial charge in [0, 0.05) is 0 Å². The van der Waals surface area contributed by atoms with E-state index < -0.39 is 0 Å². The second-order valence-electron chi connectivity index (χ2n) is 3.18. The molecule has 1 aromatic heterocycles. The number of benzene rings is 1. The number of hydrogen-bond acceptors (Lipinski definition) is 6. The molecule has 0 aliphatic rings. The van der Waals surface area contributed by atoms with Crippen LogP contribution in [-0.2, 0) is 0 Å². The van der Waals surface area contributed by atoms with E-state index >= 15 is 0 Å². The van der Waals surface area contributed by atoms with E-state index in [1.807, 2.05) is 0 Å². The van der Waals surface area contributed by atoms with E-state index in [1.165, 1.54) is 4.68 Å². The highest BCUT2D eigenvalue weighted by atomic mass is 32.1. The highest BCUT2D eigenvalue weighted by Crippen LogP contribution is 2.07. The molecule has 5 N–H and O–H groups in total. The molecule has 7 nitrogen and oxygen atoms in total. The van der Waals surface area contributed by atoms with Gasteiger partial charge in [0.1, 0.15) is 5.75 Å². The molecule has 0 bridgehead atoms. The number of nitrogens with zero attached hydrogens (tertiary/aromatic N) is 3. The van der Waals surface area contributed by atoms with Gasteiger partial charge in [-0.15, -0.1) is 5.10 Å². The van der Waals surface area contributed by atoms with E-state index in [-0.39, 0.29) is 5.75 Å². The molecule has 0 spiro atoms. The molecule has 17 heavy (non-hydrogen) atoms. The second-order valence-corrected chi connectivity index (χ2v) is 3.57. The molecule has 1 aromatic carbocycles. The van der Waals surface area contributed by atoms with Crippen LogP contribution in [0.2, 0.25) is 0 Å². The van der Waals surface area contributed by atoms with Gasteiger partial charge in [-0.1, -0.05) is 0 Å². The highest BCUT2D eigenvalue weighted by molar-refractivity contribution is 7.71. The molecule has 0 unspecified atom stereocenters. The van der Waals surface area contributed by atoms with E-state index in [4.69, 9.17) is 23.2 Å². The predicted molar refractivity (Wildman–Crippen MR) is 66.9 cm³/mol. The van der Waals surface area contributed by atoms with Crippen molar-refractivity contribution in [1.29, 1.82) is 0 Å². The fraction of sp³-hybridized carbons (Fsp3) is 0. The molecule has 0 atom stereocenters. The first-order valence-electron chi connectivity index (χ1n) is 4.67. The minimum Gasteiger partial charge on any atom is -0.508 e. The van der Waals surface area contributed by atoms with Gasteiger partial charge in [-0.3, -0.25) is 0 Å². The number of H-pyrrole nitrogens is 1. The molecule has 2 aromatic rings. The zero-order valence-electron chi connectivity index (χ0n) is 8.66. The van der Waals surface area contributed by atoms with Crippen molar-refractivity contribution in [3.05, 3.63) is 34.6 Å². The Bertz CT molecular complexity index is 584. The number of aromatic nitrogens is 3. The molecular weight excluding hydrogens is 240 g/mol. The highest BCUT2D eigenvalue weighted by Gasteiger charge is 1.99. The van der Waals surface area contributed by atoms with Crippen molar-refractivity contribution in [2.75, 3.05) is 11.3 Å². The van der Waals surface area contributed by atoms with E-state index in [0.29, 0.717) is 10.7 Å². The summed E-state index contributed by atoms with van der Waals surface area (Å²) in [6.45, 7) is 0. The predicted octanol–water partition coefficient (Wildman–Crippen LogP) is 0.806. The van der Waals surface area contributed by atoms with Crippen LogP contribution in [0.25, 0.3) is 0 Å². The van der Waals surface area contributed by atoms with Crippen molar-refractivity contribution in [3.8, 4) is 5.75 Å². The fourth-order valence-electron chi connectivity index (χ4n) is 1.11. The topological polar surface area (TPSA) is 104 Å². The average Bonchev–Trinajstić information content (AvgIpc) is 2.64. The van der Waals surface area contributed by atoms with Gasteiger partial charge in [-0.25, -0.2) is 10.5 Å². The molecule has 0 amide bonds. The van der Waals surface area contributed by atoms with Crippen LogP contribution < -0.4 is 11.3 Å². The van der Waals surface area contributed by atoms with Crippen LogP contribution in [0.4, 0.5) is 5.95 Å². The van der Waals surface area contributed by atoms with E-state index in [2.05, 4.69) is 20.7 Å². The van der Waals surface area contributed by atoms with Gasteiger partial charge >= 0.3 is 0 Å². The maximum atomic E-state index is 9.09. The molecule has 2 rings (SSSR count). The van der Waals surface area contributed by atoms with Gasteiger partial charge in [0.2, 0.25) is 4.77 Å². The number of nitrogens with one attached hydrogen (secondary N) is 2. The third-order valence-electron chi connectivity index (χ3n) is 1.98. The quantitative estimate of drug-likeness (QED) is 0.279. The van der Waals surface area contributed by atoms with Crippen molar-refractivity contribution in [1.82, 2.24) is 14.9 Å². The van der Waals surface area contributed by atoms with Gasteiger partial charge < -0.3 is 10.9 Å². The largest absolute Gasteiger partial charge is 0.508 e. The molecule has 0 saturated heterocycles. The molecular formula is C9H10N6OS. The van der Waals surface area contributed by atoms with Crippen LogP contribution in [0, 0.1) is 4.77 Å². The molecule has 0 aliphatic heterocycles. The van der Waals surface area contributed by atoms with Gasteiger partial charge in [0.15, 0.2) is 0 Å². The van der Waals surface area contributed by atoms with Gasteiger partial charge in [-0.2, -0.15) is 9.78 Å². The molecule has 0 fully saturated rings. The third kappa shape index (κ3) is 2.61. The Labute approximate surface area is 102 Å². The number of nitrogens with two attached hydrogens (primary N) is 1. The van der Waals surface area contributed by atoms with Crippen LogP contribution in [0.1, 0.15) is 5.56 Å². The Morgan fingerprint density at radius 1 is 1.47 bits per heavy atom. The number of hydrazone groups is 1. The summed E-state index contributed by atoms with van der Waals surface area (Å²) in [6, 6.07) is 6.58. The van der Waals surface area contributed by atoms with Crippen molar-refractivity contribution < 1.29 is 5.11 Å². The van der Waals surface area contributed by atoms with Crippen molar-refractivity contribution in [2.24, 2.45) is 5.10 Å². The molecule has 1 heterocycles. The fourth-order valence-corrected chi connectivity index (χ4v) is 1.24. The van der Waals surface area contributed by atoms with Crippen molar-refractivity contribution >= 4 is 24.4 Å². The van der Waals surface area contributed by atoms with Crippen LogP contribution >= 0.6 is 12.2 Å². The van der Waals surface area contributed by atoms with Crippen LogP contribution in [0.5, 0.6) is 5.75 Å². The summed E-state index contributed by atoms with van der Waals surface area (Å²) in [7, 11) is 0. The number of phenolic OH excluding ortho intramolecular Hbond substituents is 1. The number of phenols is 1. The number of rotatable bonds is 3. The monoisotopic (exact) mass is 250 g/mol. The lowest BCUT2D eigenvalue weighted by atomic mass is 10.2. The Balaban J connectivity index is 2.05. The minimum atomic E-state index is 0.206. The zero-order valence-corrected chi connectivity index (χ0v) is 9.48. The number of hydrogen-bond donors (Lipinski definition) is 4. The first-order chi connectivity index (χ1) is 8.16. The maximum absolute atomic E-state index is 9.09. The molecule has 0 aliphatic carbocycles. The smallest absolute Gasteiger partial charge is 0.262 e. The molecule has 0 radical (unpaired) electrons. The summed E-state index contributed by atoms with van der Waals surface area (Å²) in [6.07, 6.45) is 1.57. The van der Waals surface area contributed by atoms with Crippen LogP contribution in [0.3, 0.4) is 0 Å². The summed E-state index contributed by atoms with van der Waals surface area (Å²) in [4.78, 5) is 0. The summed E-state index contributed by atoms with van der Waals surface area (Å²) >= 11 is 4.83. The second kappa shape index (κ2) is 4.66. The minimum absolute atomic E-state index is 0.206. The first-order valence-corrected chi connectivity index (χ1v) is 5.08. The lowest BCUT2D eigenvalue weighted by Gasteiger charge is -1.97. The number of aromatic hydroxyl groups is 1. The lowest BCUT2D eigenvalue weighted by Crippen LogP contribution is -2.11. The molecule has 88 valence electrons. The van der Waals surface area contributed by atoms with Gasteiger partial charge in [-0.05, 0) is 42.0 Å². The number of nitrogen functional groups attached to an aromatic ring is 1. The van der Waals surface area contributed by atoms with Crippen molar-refractivity contribution in [2.45, 2.75) is 0 Å². The maximum Gasteiger partial charge on any atom is 0.262 e. The van der Waals surface area contributed by atoms with E-state index in [1.54, 1.807) is 30.5 Å². The standard InChI is InChI=1S/C9H10N6OS/c10-15-8(13-14-9(15)17)12-11-5-6-1-3-7(16)4-2-6/h1-5,16H,10H2,(H,12,13)(H,14,17)/b11-5+. The Morgan fingerprint density at radius 2 is 2.18 bits per heavy atom. The van der Waals surface area contributed by atoms with Crippen LogP contribution in [-0.4, -0.2) is 26.2 Å². The normalized spacial score (nSPS) is 10.8. The molecule has 8 heteroatoms. The summed E-state index contributed by atoms with van der Waals surface area (Å²) in [5, 5.41) is 19.4. The Hall–Kier alpha value is -2.35. The average molecular weight is 250 g/mol. The summed E-state index contributed by atoms with van der Waals surface area (Å²) in [5.74, 6) is 6.07. The Kier molecular flexibility index (Phi) is 3.06. The SMILES string of the molecule is Nn1c(N/N=C/c2ccc(O)cc2)n[nH]c1=S. The Morgan fingerprint density at radius 3 is 2.76 bits per heavy atom. The summed E-state index contributed by atoms with van der Waals surface area (Å²) < 4.78 is 1.47. The first kappa shape index (κ1) is 11.1. The van der Waals surface area contributed by atoms with Gasteiger partial charge in [0.05, 0.1) is 6.21 Å². The van der Waals surface area contributed by atoms with E-state index in [9.17, 15) is 0 Å². The third-order valence-corrected chi connectivity index (χ3v) is 2.26. The number of aromatic amines is 1. The molecule has 0 saturated carbocycles. The summed E-state index contributed by atoms with van der Waals surface area (Å²) in [5.41, 5.74) is 3.46. The number of anilines is 1. The lowest BCUT2D eigenvalue weighted by molar-refractivity contribution is 0.475. The van der Waals surface area contributed by atoms with E-state index in [0.717, 1.165) is 5.56 Å². The van der Waals surface area contributed by atoms with Gasteiger partial charge in [0.25, 0.3) is 5.95 Å².